The monoisotopic (exact) mass is 287 g/mol. The minimum absolute atomic E-state index is 0.0380. The smallest absolute Gasteiger partial charge is 0.253 e. The van der Waals surface area contributed by atoms with Crippen molar-refractivity contribution in [1.29, 1.82) is 0 Å². The molecule has 1 aliphatic heterocycles. The molecule has 1 aromatic carbocycles. The third kappa shape index (κ3) is 4.07. The van der Waals surface area contributed by atoms with Crippen LogP contribution in [0.25, 0.3) is 0 Å². The molecule has 1 aliphatic rings. The van der Waals surface area contributed by atoms with Crippen molar-refractivity contribution in [3.63, 3.8) is 0 Å². The number of hydrogen-bond acceptors (Lipinski definition) is 3. The Morgan fingerprint density at radius 2 is 2.29 bits per heavy atom. The predicted molar refractivity (Wildman–Crippen MR) is 80.9 cm³/mol. The van der Waals surface area contributed by atoms with E-state index in [9.17, 15) is 9.90 Å². The third-order valence-corrected chi connectivity index (χ3v) is 3.63. The summed E-state index contributed by atoms with van der Waals surface area (Å²) in [5.41, 5.74) is 2.42. The maximum atomic E-state index is 12.5. The largest absolute Gasteiger partial charge is 0.395 e. The molecule has 112 valence electrons. The fraction of sp³-hybridized carbons (Fsp3) is 0.471. The number of nitrogens with zero attached hydrogens (tertiary/aromatic N) is 1. The summed E-state index contributed by atoms with van der Waals surface area (Å²) >= 11 is 0. The van der Waals surface area contributed by atoms with Crippen LogP contribution in [0.3, 0.4) is 0 Å². The molecule has 1 fully saturated rings. The van der Waals surface area contributed by atoms with Crippen LogP contribution in [0.2, 0.25) is 0 Å². The molecule has 0 bridgehead atoms. The molecule has 0 aliphatic carbocycles. The molecule has 2 N–H and O–H groups in total. The minimum Gasteiger partial charge on any atom is -0.395 e. The number of rotatable bonds is 2. The average molecular weight is 287 g/mol. The highest BCUT2D eigenvalue weighted by Crippen LogP contribution is 2.16. The van der Waals surface area contributed by atoms with Gasteiger partial charge in [-0.2, -0.15) is 0 Å². The summed E-state index contributed by atoms with van der Waals surface area (Å²) in [7, 11) is 0. The highest BCUT2D eigenvalue weighted by atomic mass is 16.3. The molecule has 1 atom stereocenters. The van der Waals surface area contributed by atoms with Gasteiger partial charge in [-0.25, -0.2) is 0 Å². The number of β-amino-alcohol motifs (C(OH)–C–C–N with tert-alkyl or cyclic N) is 1. The van der Waals surface area contributed by atoms with Crippen molar-refractivity contribution < 1.29 is 15.0 Å². The summed E-state index contributed by atoms with van der Waals surface area (Å²) in [4.78, 5) is 14.2. The fourth-order valence-electron chi connectivity index (χ4n) is 2.43. The van der Waals surface area contributed by atoms with Crippen molar-refractivity contribution in [3.05, 3.63) is 34.9 Å². The van der Waals surface area contributed by atoms with Gasteiger partial charge in [0.15, 0.2) is 0 Å². The van der Waals surface area contributed by atoms with E-state index in [1.165, 1.54) is 0 Å². The molecular weight excluding hydrogens is 266 g/mol. The summed E-state index contributed by atoms with van der Waals surface area (Å²) < 4.78 is 0. The molecule has 0 radical (unpaired) electrons. The van der Waals surface area contributed by atoms with E-state index in [4.69, 9.17) is 5.11 Å². The first kappa shape index (κ1) is 15.6. The molecule has 2 rings (SSSR count). The normalized spacial score (nSPS) is 18.0. The lowest BCUT2D eigenvalue weighted by molar-refractivity contribution is 0.0473. The summed E-state index contributed by atoms with van der Waals surface area (Å²) in [5, 5.41) is 18.4. The van der Waals surface area contributed by atoms with Crippen LogP contribution < -0.4 is 0 Å². The number of hydrogen-bond donors (Lipinski definition) is 2. The SMILES string of the molecule is Cc1ccc(C(=O)N2CCCC(O)C2)cc1C#CCCO. The molecule has 0 spiro atoms. The molecule has 21 heavy (non-hydrogen) atoms. The van der Waals surface area contributed by atoms with Crippen LogP contribution >= 0.6 is 0 Å². The van der Waals surface area contributed by atoms with E-state index in [0.717, 1.165) is 24.0 Å². The van der Waals surface area contributed by atoms with Crippen LogP contribution in [-0.4, -0.2) is 46.8 Å². The number of aryl methyl sites for hydroxylation is 1. The van der Waals surface area contributed by atoms with E-state index in [2.05, 4.69) is 11.8 Å². The number of carbonyl (C=O) groups excluding carboxylic acids is 1. The zero-order valence-electron chi connectivity index (χ0n) is 12.3. The lowest BCUT2D eigenvalue weighted by Crippen LogP contribution is -2.42. The maximum Gasteiger partial charge on any atom is 0.253 e. The van der Waals surface area contributed by atoms with E-state index in [-0.39, 0.29) is 12.5 Å². The van der Waals surface area contributed by atoms with E-state index in [1.54, 1.807) is 17.0 Å². The van der Waals surface area contributed by atoms with E-state index >= 15 is 0 Å². The minimum atomic E-state index is -0.419. The Bertz CT molecular complexity index is 571. The second-order valence-electron chi connectivity index (χ2n) is 5.35. The van der Waals surface area contributed by atoms with Gasteiger partial charge in [-0.15, -0.1) is 0 Å². The average Bonchev–Trinajstić information content (AvgIpc) is 2.48. The van der Waals surface area contributed by atoms with Gasteiger partial charge in [-0.1, -0.05) is 17.9 Å². The Morgan fingerprint density at radius 3 is 3.00 bits per heavy atom. The van der Waals surface area contributed by atoms with Gasteiger partial charge in [-0.3, -0.25) is 4.79 Å². The Labute approximate surface area is 125 Å². The number of benzene rings is 1. The lowest BCUT2D eigenvalue weighted by Gasteiger charge is -2.30. The van der Waals surface area contributed by atoms with E-state index in [0.29, 0.717) is 25.1 Å². The number of aliphatic hydroxyl groups excluding tert-OH is 2. The maximum absolute atomic E-state index is 12.5. The summed E-state index contributed by atoms with van der Waals surface area (Å²) in [6.07, 6.45) is 1.60. The van der Waals surface area contributed by atoms with Crippen molar-refractivity contribution in [2.45, 2.75) is 32.3 Å². The molecule has 1 heterocycles. The molecular formula is C17H21NO3. The molecule has 1 aromatic rings. The lowest BCUT2D eigenvalue weighted by atomic mass is 10.0. The highest BCUT2D eigenvalue weighted by molar-refractivity contribution is 5.94. The van der Waals surface area contributed by atoms with Crippen molar-refractivity contribution in [2.24, 2.45) is 0 Å². The van der Waals surface area contributed by atoms with Crippen LogP contribution in [0.15, 0.2) is 18.2 Å². The van der Waals surface area contributed by atoms with Crippen LogP contribution in [-0.2, 0) is 0 Å². The molecule has 4 heteroatoms. The number of likely N-dealkylation sites (tertiary alicyclic amines) is 1. The molecule has 0 aromatic heterocycles. The quantitative estimate of drug-likeness (QED) is 0.807. The first-order valence-corrected chi connectivity index (χ1v) is 7.29. The second kappa shape index (κ2) is 7.26. The van der Waals surface area contributed by atoms with Gasteiger partial charge < -0.3 is 15.1 Å². The van der Waals surface area contributed by atoms with Gasteiger partial charge in [0.05, 0.1) is 12.7 Å². The molecule has 1 unspecified atom stereocenters. The van der Waals surface area contributed by atoms with Crippen LogP contribution in [0.1, 0.15) is 40.7 Å². The van der Waals surface area contributed by atoms with Crippen molar-refractivity contribution in [2.75, 3.05) is 19.7 Å². The number of amides is 1. The number of piperidine rings is 1. The van der Waals surface area contributed by atoms with Crippen molar-refractivity contribution in [1.82, 2.24) is 4.90 Å². The number of aliphatic hydroxyl groups is 2. The summed E-state index contributed by atoms with van der Waals surface area (Å²) in [5.74, 6) is 5.81. The first-order chi connectivity index (χ1) is 10.1. The Hall–Kier alpha value is -1.83. The zero-order valence-corrected chi connectivity index (χ0v) is 12.3. The Morgan fingerprint density at radius 1 is 1.48 bits per heavy atom. The molecule has 0 saturated carbocycles. The van der Waals surface area contributed by atoms with Gasteiger partial charge in [0, 0.05) is 30.6 Å². The van der Waals surface area contributed by atoms with Gasteiger partial charge in [-0.05, 0) is 37.5 Å². The Balaban J connectivity index is 2.18. The van der Waals surface area contributed by atoms with Crippen LogP contribution in [0, 0.1) is 18.8 Å². The second-order valence-corrected chi connectivity index (χ2v) is 5.35. The topological polar surface area (TPSA) is 60.8 Å². The standard InChI is InChI=1S/C17H21NO3/c1-13-7-8-15(11-14(13)5-2-3-10-19)17(21)18-9-4-6-16(20)12-18/h7-8,11,16,19-20H,3-4,6,9-10,12H2,1H3. The molecule has 1 saturated heterocycles. The van der Waals surface area contributed by atoms with Gasteiger partial charge in [0.25, 0.3) is 5.91 Å². The van der Waals surface area contributed by atoms with Crippen molar-refractivity contribution in [3.8, 4) is 11.8 Å². The molecule has 4 nitrogen and oxygen atoms in total. The Kier molecular flexibility index (Phi) is 5.38. The van der Waals surface area contributed by atoms with Crippen LogP contribution in [0.4, 0.5) is 0 Å². The fourth-order valence-corrected chi connectivity index (χ4v) is 2.43. The predicted octanol–water partition coefficient (Wildman–Crippen LogP) is 1.33. The third-order valence-electron chi connectivity index (χ3n) is 3.63. The first-order valence-electron chi connectivity index (χ1n) is 7.29. The van der Waals surface area contributed by atoms with Gasteiger partial charge >= 0.3 is 0 Å². The van der Waals surface area contributed by atoms with Gasteiger partial charge in [0.2, 0.25) is 0 Å². The van der Waals surface area contributed by atoms with Gasteiger partial charge in [0.1, 0.15) is 0 Å². The highest BCUT2D eigenvalue weighted by Gasteiger charge is 2.23. The van der Waals surface area contributed by atoms with Crippen molar-refractivity contribution >= 4 is 5.91 Å². The summed E-state index contributed by atoms with van der Waals surface area (Å²) in [6, 6.07) is 5.48. The zero-order chi connectivity index (χ0) is 15.2. The summed E-state index contributed by atoms with van der Waals surface area (Å²) in [6.45, 7) is 3.08. The number of carbonyl (C=O) groups is 1. The van der Waals surface area contributed by atoms with Crippen LogP contribution in [0.5, 0.6) is 0 Å². The van der Waals surface area contributed by atoms with E-state index < -0.39 is 6.10 Å². The van der Waals surface area contributed by atoms with E-state index in [1.807, 2.05) is 13.0 Å². The molecule has 1 amide bonds.